The van der Waals surface area contributed by atoms with E-state index in [0.717, 1.165) is 37.2 Å². The van der Waals surface area contributed by atoms with Crippen LogP contribution in [0.2, 0.25) is 0 Å². The first-order valence-corrected chi connectivity index (χ1v) is 12.9. The first-order valence-electron chi connectivity index (χ1n) is 12.9. The average Bonchev–Trinajstić information content (AvgIpc) is 3.12. The third-order valence-corrected chi connectivity index (χ3v) is 10.6. The van der Waals surface area contributed by atoms with Gasteiger partial charge in [-0.25, -0.2) is 0 Å². The molecular formula is C29H42O2. The van der Waals surface area contributed by atoms with E-state index in [2.05, 4.69) is 56.8 Å². The summed E-state index contributed by atoms with van der Waals surface area (Å²) < 4.78 is 6.59. The fourth-order valence-corrected chi connectivity index (χ4v) is 9.01. The zero-order valence-electron chi connectivity index (χ0n) is 19.6. The Hall–Kier alpha value is -1.12. The largest absolute Gasteiger partial charge is 0.393 e. The third kappa shape index (κ3) is 3.53. The number of fused-ring (bicyclic) bond motifs is 5. The van der Waals surface area contributed by atoms with Crippen LogP contribution in [0.4, 0.5) is 0 Å². The van der Waals surface area contributed by atoms with Gasteiger partial charge in [-0.3, -0.25) is 0 Å². The second-order valence-electron chi connectivity index (χ2n) is 11.8. The summed E-state index contributed by atoms with van der Waals surface area (Å²) in [7, 11) is 0. The van der Waals surface area contributed by atoms with Gasteiger partial charge in [0, 0.05) is 0 Å². The third-order valence-electron chi connectivity index (χ3n) is 10.6. The zero-order chi connectivity index (χ0) is 21.6. The molecule has 1 aromatic carbocycles. The van der Waals surface area contributed by atoms with Crippen molar-refractivity contribution in [3.63, 3.8) is 0 Å². The smallest absolute Gasteiger partial charge is 0.0720 e. The molecule has 9 atom stereocenters. The molecule has 1 aromatic rings. The highest BCUT2D eigenvalue weighted by atomic mass is 16.5. The number of hydrogen-bond donors (Lipinski definition) is 1. The molecule has 4 aliphatic rings. The molecule has 0 radical (unpaired) electrons. The van der Waals surface area contributed by atoms with Crippen LogP contribution in [0.5, 0.6) is 0 Å². The summed E-state index contributed by atoms with van der Waals surface area (Å²) in [5.74, 6) is 3.60. The van der Waals surface area contributed by atoms with E-state index in [-0.39, 0.29) is 6.10 Å². The highest BCUT2D eigenvalue weighted by Gasteiger charge is 2.61. The van der Waals surface area contributed by atoms with E-state index >= 15 is 0 Å². The lowest BCUT2D eigenvalue weighted by atomic mass is 9.43. The van der Waals surface area contributed by atoms with Crippen LogP contribution in [-0.4, -0.2) is 17.3 Å². The molecule has 0 aromatic heterocycles. The van der Waals surface area contributed by atoms with Crippen molar-refractivity contribution >= 4 is 0 Å². The number of ether oxygens (including phenoxy) is 1. The van der Waals surface area contributed by atoms with Crippen molar-refractivity contribution in [3.8, 4) is 0 Å². The predicted molar refractivity (Wildman–Crippen MR) is 126 cm³/mol. The number of benzene rings is 1. The van der Waals surface area contributed by atoms with Gasteiger partial charge in [0.15, 0.2) is 0 Å². The molecule has 4 fully saturated rings. The minimum absolute atomic E-state index is 0.122. The molecule has 4 unspecified atom stereocenters. The molecule has 4 saturated carbocycles. The van der Waals surface area contributed by atoms with Crippen molar-refractivity contribution < 1.29 is 9.84 Å². The van der Waals surface area contributed by atoms with Gasteiger partial charge in [-0.2, -0.15) is 0 Å². The van der Waals surface area contributed by atoms with E-state index < -0.39 is 0 Å². The summed E-state index contributed by atoms with van der Waals surface area (Å²) in [5.41, 5.74) is 2.04. The van der Waals surface area contributed by atoms with Crippen molar-refractivity contribution in [2.45, 2.75) is 90.4 Å². The van der Waals surface area contributed by atoms with Gasteiger partial charge < -0.3 is 9.84 Å². The summed E-state index contributed by atoms with van der Waals surface area (Å²) >= 11 is 0. The average molecular weight is 423 g/mol. The maximum absolute atomic E-state index is 10.8. The molecule has 0 amide bonds. The Morgan fingerprint density at radius 2 is 1.65 bits per heavy atom. The minimum Gasteiger partial charge on any atom is -0.393 e. The van der Waals surface area contributed by atoms with Crippen molar-refractivity contribution in [1.82, 2.24) is 0 Å². The van der Waals surface area contributed by atoms with Gasteiger partial charge in [-0.1, -0.05) is 50.3 Å². The van der Waals surface area contributed by atoms with Gasteiger partial charge in [-0.15, -0.1) is 6.58 Å². The Morgan fingerprint density at radius 3 is 2.42 bits per heavy atom. The van der Waals surface area contributed by atoms with Gasteiger partial charge in [0.05, 0.1) is 18.8 Å². The van der Waals surface area contributed by atoms with Crippen molar-refractivity contribution in [2.24, 2.45) is 40.4 Å². The van der Waals surface area contributed by atoms with Crippen molar-refractivity contribution in [1.29, 1.82) is 0 Å². The predicted octanol–water partition coefficient (Wildman–Crippen LogP) is 6.78. The van der Waals surface area contributed by atoms with E-state index in [0.29, 0.717) is 28.8 Å². The molecule has 2 heteroatoms. The Balaban J connectivity index is 1.32. The lowest BCUT2D eigenvalue weighted by Crippen LogP contribution is -2.57. The van der Waals surface area contributed by atoms with Crippen molar-refractivity contribution in [2.75, 3.05) is 0 Å². The maximum Gasteiger partial charge on any atom is 0.0720 e. The number of rotatable bonds is 5. The Kier molecular flexibility index (Phi) is 5.84. The van der Waals surface area contributed by atoms with E-state index in [1.165, 1.54) is 50.5 Å². The van der Waals surface area contributed by atoms with Gasteiger partial charge in [0.2, 0.25) is 0 Å². The normalized spacial score (nSPS) is 46.6. The van der Waals surface area contributed by atoms with Gasteiger partial charge in [0.25, 0.3) is 0 Å². The zero-order valence-corrected chi connectivity index (χ0v) is 19.6. The van der Waals surface area contributed by atoms with E-state index in [1.807, 2.05) is 0 Å². The fourth-order valence-electron chi connectivity index (χ4n) is 9.01. The topological polar surface area (TPSA) is 29.5 Å². The van der Waals surface area contributed by atoms with Gasteiger partial charge >= 0.3 is 0 Å². The molecule has 31 heavy (non-hydrogen) atoms. The quantitative estimate of drug-likeness (QED) is 0.530. The van der Waals surface area contributed by atoms with Crippen molar-refractivity contribution in [3.05, 3.63) is 48.6 Å². The molecule has 4 aliphatic carbocycles. The van der Waals surface area contributed by atoms with E-state index in [1.54, 1.807) is 0 Å². The highest BCUT2D eigenvalue weighted by molar-refractivity contribution is 5.14. The summed E-state index contributed by atoms with van der Waals surface area (Å²) in [6.45, 7) is 9.91. The first kappa shape index (κ1) is 21.7. The summed E-state index contributed by atoms with van der Waals surface area (Å²) in [6.07, 6.45) is 13.4. The fraction of sp³-hybridized carbons (Fsp3) is 0.724. The molecule has 5 rings (SSSR count). The molecule has 0 aliphatic heterocycles. The van der Waals surface area contributed by atoms with Crippen LogP contribution in [0, 0.1) is 40.4 Å². The van der Waals surface area contributed by atoms with E-state index in [4.69, 9.17) is 4.74 Å². The summed E-state index contributed by atoms with van der Waals surface area (Å²) in [6, 6.07) is 10.7. The lowest BCUT2D eigenvalue weighted by molar-refractivity contribution is -0.160. The Bertz CT molecular complexity index is 774. The second-order valence-corrected chi connectivity index (χ2v) is 11.8. The highest BCUT2D eigenvalue weighted by Crippen LogP contribution is 2.67. The van der Waals surface area contributed by atoms with Crippen LogP contribution in [0.1, 0.15) is 77.2 Å². The first-order chi connectivity index (χ1) is 15.0. The number of aliphatic hydroxyl groups is 1. The lowest BCUT2D eigenvalue weighted by Gasteiger charge is -2.62. The molecule has 0 heterocycles. The molecule has 0 saturated heterocycles. The number of hydrogen-bond acceptors (Lipinski definition) is 2. The van der Waals surface area contributed by atoms with Gasteiger partial charge in [-0.05, 0) is 104 Å². The Labute approximate surface area is 189 Å². The number of allylic oxidation sites excluding steroid dienone is 1. The maximum atomic E-state index is 10.8. The molecule has 2 nitrogen and oxygen atoms in total. The standard InChI is InChI=1S/C29H42O2/c1-4-8-22-24-12-11-21-23-13-14-27(31-19-20-9-6-5-7-10-20)29(23,3)17-15-25(21)28(24,2)18-16-26(22)30/h4-7,9-10,21-27,30H,1,8,11-19H2,2-3H3/t21-,22?,23-,24?,25+,26?,27?,28-,29-/m0/s1. The number of aliphatic hydroxyl groups excluding tert-OH is 1. The SMILES string of the molecule is C=CCC1C(O)CC[C@@]2(C)C1CC[C@@H]1[C@H]2CC[C@]2(C)C(OCc3ccccc3)CC[C@@H]12. The molecule has 0 spiro atoms. The van der Waals surface area contributed by atoms with E-state index in [9.17, 15) is 5.11 Å². The Morgan fingerprint density at radius 1 is 0.935 bits per heavy atom. The van der Waals surface area contributed by atoms with Crippen LogP contribution >= 0.6 is 0 Å². The summed E-state index contributed by atoms with van der Waals surface area (Å²) in [4.78, 5) is 0. The molecule has 170 valence electrons. The van der Waals surface area contributed by atoms with Crippen LogP contribution in [0.3, 0.4) is 0 Å². The van der Waals surface area contributed by atoms with Crippen LogP contribution in [0.25, 0.3) is 0 Å². The van der Waals surface area contributed by atoms with Crippen LogP contribution in [-0.2, 0) is 11.3 Å². The second kappa shape index (κ2) is 8.34. The summed E-state index contributed by atoms with van der Waals surface area (Å²) in [5, 5.41) is 10.8. The minimum atomic E-state index is -0.122. The van der Waals surface area contributed by atoms with Crippen LogP contribution in [0.15, 0.2) is 43.0 Å². The monoisotopic (exact) mass is 422 g/mol. The molecular weight excluding hydrogens is 380 g/mol. The van der Waals surface area contributed by atoms with Gasteiger partial charge in [0.1, 0.15) is 0 Å². The molecule has 0 bridgehead atoms. The van der Waals surface area contributed by atoms with Crippen LogP contribution < -0.4 is 0 Å². The molecule has 1 N–H and O–H groups in total.